The van der Waals surface area contributed by atoms with Gasteiger partial charge in [0.05, 0.1) is 5.69 Å². The first-order valence-electron chi connectivity index (χ1n) is 5.48. The quantitative estimate of drug-likeness (QED) is 0.926. The lowest BCUT2D eigenvalue weighted by atomic mass is 10.2. The van der Waals surface area contributed by atoms with Crippen LogP contribution in [0, 0.1) is 6.92 Å². The minimum atomic E-state index is -1.14. The summed E-state index contributed by atoms with van der Waals surface area (Å²) in [6, 6.07) is 5.44. The van der Waals surface area contributed by atoms with Crippen LogP contribution in [-0.2, 0) is 6.42 Å². The Kier molecular flexibility index (Phi) is 3.34. The van der Waals surface area contributed by atoms with Gasteiger partial charge in [-0.25, -0.2) is 14.5 Å². The fraction of sp³-hybridized carbons (Fsp3) is 0.250. The predicted octanol–water partition coefficient (Wildman–Crippen LogP) is 2.49. The van der Waals surface area contributed by atoms with Crippen molar-refractivity contribution >= 4 is 17.6 Å². The smallest absolute Gasteiger partial charge is 0.375 e. The first kappa shape index (κ1) is 12.6. The van der Waals surface area contributed by atoms with E-state index < -0.39 is 5.97 Å². The van der Waals surface area contributed by atoms with Crippen LogP contribution in [0.3, 0.4) is 0 Å². The molecule has 94 valence electrons. The standard InChI is InChI=1S/C12H12ClN3O2/c1-3-10-14-11(12(17)18)15-16(10)8-5-4-7(2)9(13)6-8/h4-6H,3H2,1-2H3,(H,17,18). The highest BCUT2D eigenvalue weighted by molar-refractivity contribution is 6.31. The molecule has 0 saturated carbocycles. The minimum absolute atomic E-state index is 0.205. The summed E-state index contributed by atoms with van der Waals surface area (Å²) >= 11 is 6.05. The average Bonchev–Trinajstić information content (AvgIpc) is 2.77. The van der Waals surface area contributed by atoms with Crippen molar-refractivity contribution in [1.82, 2.24) is 14.8 Å². The SMILES string of the molecule is CCc1nc(C(=O)O)nn1-c1ccc(C)c(Cl)c1. The zero-order valence-corrected chi connectivity index (χ0v) is 10.8. The van der Waals surface area contributed by atoms with E-state index >= 15 is 0 Å². The molecule has 0 saturated heterocycles. The summed E-state index contributed by atoms with van der Waals surface area (Å²) in [5.74, 6) is -0.752. The van der Waals surface area contributed by atoms with Gasteiger partial charge in [-0.05, 0) is 24.6 Å². The highest BCUT2D eigenvalue weighted by atomic mass is 35.5. The molecule has 0 aliphatic heterocycles. The number of nitrogens with zero attached hydrogens (tertiary/aromatic N) is 3. The van der Waals surface area contributed by atoms with Crippen molar-refractivity contribution in [2.45, 2.75) is 20.3 Å². The number of carboxylic acids is 1. The Labute approximate surface area is 109 Å². The van der Waals surface area contributed by atoms with Crippen LogP contribution in [0.4, 0.5) is 0 Å². The van der Waals surface area contributed by atoms with Crippen molar-refractivity contribution in [2.75, 3.05) is 0 Å². The Balaban J connectivity index is 2.55. The van der Waals surface area contributed by atoms with Gasteiger partial charge in [0.15, 0.2) is 0 Å². The molecule has 1 N–H and O–H groups in total. The molecule has 0 aliphatic rings. The lowest BCUT2D eigenvalue weighted by Gasteiger charge is -2.05. The number of hydrogen-bond acceptors (Lipinski definition) is 3. The highest BCUT2D eigenvalue weighted by Gasteiger charge is 2.15. The molecular formula is C12H12ClN3O2. The average molecular weight is 266 g/mol. The van der Waals surface area contributed by atoms with Crippen LogP contribution in [0.15, 0.2) is 18.2 Å². The maximum absolute atomic E-state index is 10.9. The molecule has 1 aromatic heterocycles. The second-order valence-corrected chi connectivity index (χ2v) is 4.26. The van der Waals surface area contributed by atoms with E-state index in [1.165, 1.54) is 4.68 Å². The zero-order valence-electron chi connectivity index (χ0n) is 10.0. The second-order valence-electron chi connectivity index (χ2n) is 3.86. The molecule has 1 aromatic carbocycles. The van der Waals surface area contributed by atoms with Crippen molar-refractivity contribution in [3.05, 3.63) is 40.4 Å². The summed E-state index contributed by atoms with van der Waals surface area (Å²) in [5.41, 5.74) is 1.67. The summed E-state index contributed by atoms with van der Waals surface area (Å²) in [5, 5.41) is 13.5. The van der Waals surface area contributed by atoms with E-state index in [9.17, 15) is 4.79 Å². The van der Waals surface area contributed by atoms with Crippen LogP contribution in [0.5, 0.6) is 0 Å². The van der Waals surface area contributed by atoms with Crippen molar-refractivity contribution in [3.63, 3.8) is 0 Å². The number of aromatic nitrogens is 3. The first-order valence-corrected chi connectivity index (χ1v) is 5.86. The van der Waals surface area contributed by atoms with Gasteiger partial charge in [-0.1, -0.05) is 24.6 Å². The Bertz CT molecular complexity index is 607. The van der Waals surface area contributed by atoms with E-state index in [2.05, 4.69) is 10.1 Å². The normalized spacial score (nSPS) is 10.6. The molecule has 0 bridgehead atoms. The molecule has 18 heavy (non-hydrogen) atoms. The van der Waals surface area contributed by atoms with Crippen LogP contribution in [-0.4, -0.2) is 25.8 Å². The molecule has 2 rings (SSSR count). The fourth-order valence-electron chi connectivity index (χ4n) is 1.58. The molecule has 0 amide bonds. The van der Waals surface area contributed by atoms with Crippen LogP contribution < -0.4 is 0 Å². The molecule has 1 heterocycles. The Morgan fingerprint density at radius 3 is 2.78 bits per heavy atom. The summed E-state index contributed by atoms with van der Waals surface area (Å²) in [6.45, 7) is 3.79. The van der Waals surface area contributed by atoms with Gasteiger partial charge in [0.2, 0.25) is 0 Å². The lowest BCUT2D eigenvalue weighted by Crippen LogP contribution is -2.03. The van der Waals surface area contributed by atoms with Crippen molar-refractivity contribution in [1.29, 1.82) is 0 Å². The number of aryl methyl sites for hydroxylation is 2. The number of halogens is 1. The summed E-state index contributed by atoms with van der Waals surface area (Å²) < 4.78 is 1.51. The molecule has 0 spiro atoms. The molecule has 5 nitrogen and oxygen atoms in total. The van der Waals surface area contributed by atoms with Gasteiger partial charge in [0, 0.05) is 11.4 Å². The Morgan fingerprint density at radius 1 is 1.50 bits per heavy atom. The summed E-state index contributed by atoms with van der Waals surface area (Å²) in [7, 11) is 0. The third kappa shape index (κ3) is 2.22. The molecule has 0 radical (unpaired) electrons. The summed E-state index contributed by atoms with van der Waals surface area (Å²) in [4.78, 5) is 14.8. The summed E-state index contributed by atoms with van der Waals surface area (Å²) in [6.07, 6.45) is 0.589. The monoisotopic (exact) mass is 265 g/mol. The fourth-order valence-corrected chi connectivity index (χ4v) is 1.76. The molecule has 0 aliphatic carbocycles. The van der Waals surface area contributed by atoms with Crippen molar-refractivity contribution in [3.8, 4) is 5.69 Å². The number of carboxylic acid groups (broad SMARTS) is 1. The number of carbonyl (C=O) groups is 1. The van der Waals surface area contributed by atoms with E-state index in [1.807, 2.05) is 26.0 Å². The van der Waals surface area contributed by atoms with Crippen LogP contribution in [0.1, 0.15) is 28.9 Å². The van der Waals surface area contributed by atoms with Gasteiger partial charge in [0.1, 0.15) is 5.82 Å². The minimum Gasteiger partial charge on any atom is -0.475 e. The number of aromatic carboxylic acids is 1. The molecule has 2 aromatic rings. The first-order chi connectivity index (χ1) is 8.52. The van der Waals surface area contributed by atoms with Gasteiger partial charge in [-0.15, -0.1) is 5.10 Å². The van der Waals surface area contributed by atoms with Crippen LogP contribution in [0.2, 0.25) is 5.02 Å². The molecule has 0 unspecified atom stereocenters. The zero-order chi connectivity index (χ0) is 13.3. The maximum Gasteiger partial charge on any atom is 0.375 e. The lowest BCUT2D eigenvalue weighted by molar-refractivity contribution is 0.0683. The van der Waals surface area contributed by atoms with Gasteiger partial charge >= 0.3 is 5.97 Å². The van der Waals surface area contributed by atoms with E-state index in [4.69, 9.17) is 16.7 Å². The number of hydrogen-bond donors (Lipinski definition) is 1. The van der Waals surface area contributed by atoms with Crippen molar-refractivity contribution in [2.24, 2.45) is 0 Å². The van der Waals surface area contributed by atoms with E-state index in [-0.39, 0.29) is 5.82 Å². The molecule has 0 atom stereocenters. The van der Waals surface area contributed by atoms with Gasteiger partial charge < -0.3 is 5.11 Å². The second kappa shape index (κ2) is 4.78. The largest absolute Gasteiger partial charge is 0.475 e. The third-order valence-electron chi connectivity index (χ3n) is 2.58. The number of rotatable bonds is 3. The Morgan fingerprint density at radius 2 is 2.22 bits per heavy atom. The highest BCUT2D eigenvalue weighted by Crippen LogP contribution is 2.20. The molecule has 6 heteroatoms. The van der Waals surface area contributed by atoms with Gasteiger partial charge in [-0.3, -0.25) is 0 Å². The van der Waals surface area contributed by atoms with E-state index in [1.54, 1.807) is 6.07 Å². The molecule has 0 fully saturated rings. The van der Waals surface area contributed by atoms with Gasteiger partial charge in [-0.2, -0.15) is 0 Å². The Hall–Kier alpha value is -1.88. The number of benzene rings is 1. The van der Waals surface area contributed by atoms with E-state index in [0.29, 0.717) is 23.0 Å². The topological polar surface area (TPSA) is 68.0 Å². The van der Waals surface area contributed by atoms with Crippen LogP contribution in [0.25, 0.3) is 5.69 Å². The maximum atomic E-state index is 10.9. The van der Waals surface area contributed by atoms with E-state index in [0.717, 1.165) is 5.56 Å². The van der Waals surface area contributed by atoms with Gasteiger partial charge in [0.25, 0.3) is 5.82 Å². The third-order valence-corrected chi connectivity index (χ3v) is 2.99. The molecular weight excluding hydrogens is 254 g/mol. The predicted molar refractivity (Wildman–Crippen MR) is 67.4 cm³/mol. The van der Waals surface area contributed by atoms with Crippen molar-refractivity contribution < 1.29 is 9.90 Å². The van der Waals surface area contributed by atoms with Crippen LogP contribution >= 0.6 is 11.6 Å².